The van der Waals surface area contributed by atoms with E-state index in [2.05, 4.69) is 0 Å². The van der Waals surface area contributed by atoms with Gasteiger partial charge in [-0.05, 0) is 48.9 Å². The number of aliphatic carboxylic acids is 1. The standard InChI is InChI=1S/C24H18Cl2O7/c1-13(27)17-6-4-16(30-11-14-2-7-20-22(8-14)32-12-31-20)10-21(17)33-23(24(28)29)18-5-3-15(25)9-19(18)26/h2-10,23H,11-12H2,1H3,(H,28,29). The largest absolute Gasteiger partial charge is 0.489 e. The molecule has 33 heavy (non-hydrogen) atoms. The van der Waals surface area contributed by atoms with Crippen LogP contribution in [0.1, 0.15) is 34.5 Å². The number of rotatable bonds is 8. The molecule has 0 aliphatic carbocycles. The molecule has 1 unspecified atom stereocenters. The van der Waals surface area contributed by atoms with Gasteiger partial charge in [0.2, 0.25) is 12.9 Å². The van der Waals surface area contributed by atoms with Crippen LogP contribution in [0.2, 0.25) is 10.0 Å². The maximum Gasteiger partial charge on any atom is 0.349 e. The Morgan fingerprint density at radius 1 is 1.03 bits per heavy atom. The van der Waals surface area contributed by atoms with Crippen molar-refractivity contribution in [2.75, 3.05) is 6.79 Å². The van der Waals surface area contributed by atoms with E-state index >= 15 is 0 Å². The molecule has 4 rings (SSSR count). The van der Waals surface area contributed by atoms with Crippen LogP contribution in [-0.2, 0) is 11.4 Å². The molecule has 170 valence electrons. The van der Waals surface area contributed by atoms with Crippen molar-refractivity contribution in [2.45, 2.75) is 19.6 Å². The number of hydrogen-bond acceptors (Lipinski definition) is 6. The van der Waals surface area contributed by atoms with E-state index in [1.54, 1.807) is 12.1 Å². The van der Waals surface area contributed by atoms with E-state index in [9.17, 15) is 14.7 Å². The van der Waals surface area contributed by atoms with Gasteiger partial charge in [-0.3, -0.25) is 4.79 Å². The molecule has 3 aromatic carbocycles. The SMILES string of the molecule is CC(=O)c1ccc(OCc2ccc3c(c2)OCO3)cc1OC(C(=O)O)c1ccc(Cl)cc1Cl. The summed E-state index contributed by atoms with van der Waals surface area (Å²) < 4.78 is 22.3. The van der Waals surface area contributed by atoms with Gasteiger partial charge in [-0.1, -0.05) is 35.3 Å². The zero-order chi connectivity index (χ0) is 23.5. The number of carbonyl (C=O) groups excluding carboxylic acids is 1. The Labute approximate surface area is 199 Å². The number of ketones is 1. The quantitative estimate of drug-likeness (QED) is 0.406. The average Bonchev–Trinajstić information content (AvgIpc) is 3.24. The van der Waals surface area contributed by atoms with E-state index in [4.69, 9.17) is 42.1 Å². The van der Waals surface area contributed by atoms with Crippen molar-refractivity contribution < 1.29 is 33.6 Å². The number of Topliss-reactive ketones (excluding diaryl/α,β-unsaturated/α-hetero) is 1. The molecule has 1 N–H and O–H groups in total. The number of fused-ring (bicyclic) bond motifs is 1. The summed E-state index contributed by atoms with van der Waals surface area (Å²) in [5.74, 6) is 0.180. The lowest BCUT2D eigenvalue weighted by Crippen LogP contribution is -2.19. The van der Waals surface area contributed by atoms with Gasteiger partial charge in [-0.2, -0.15) is 0 Å². The first-order valence-electron chi connectivity index (χ1n) is 9.82. The number of benzene rings is 3. The molecule has 0 radical (unpaired) electrons. The Balaban J connectivity index is 1.59. The molecule has 0 aromatic heterocycles. The van der Waals surface area contributed by atoms with Crippen molar-refractivity contribution in [2.24, 2.45) is 0 Å². The number of carboxylic acids is 1. The number of carbonyl (C=O) groups is 2. The Hall–Kier alpha value is -3.42. The molecule has 9 heteroatoms. The van der Waals surface area contributed by atoms with Crippen molar-refractivity contribution in [3.63, 3.8) is 0 Å². The predicted octanol–water partition coefficient (Wildman–Crippen LogP) is 5.71. The van der Waals surface area contributed by atoms with Gasteiger partial charge < -0.3 is 24.1 Å². The Morgan fingerprint density at radius 3 is 2.55 bits per heavy atom. The van der Waals surface area contributed by atoms with E-state index in [0.29, 0.717) is 22.3 Å². The molecule has 1 heterocycles. The molecule has 0 saturated heterocycles. The summed E-state index contributed by atoms with van der Waals surface area (Å²) in [6, 6.07) is 14.5. The monoisotopic (exact) mass is 488 g/mol. The Bertz CT molecular complexity index is 1230. The molecule has 1 atom stereocenters. The first-order chi connectivity index (χ1) is 15.8. The number of carboxylic acid groups (broad SMARTS) is 1. The zero-order valence-electron chi connectivity index (χ0n) is 17.3. The van der Waals surface area contributed by atoms with Crippen molar-refractivity contribution in [1.29, 1.82) is 0 Å². The maximum atomic E-state index is 12.1. The van der Waals surface area contributed by atoms with Gasteiger partial charge >= 0.3 is 5.97 Å². The normalized spacial score (nSPS) is 12.8. The first kappa shape index (κ1) is 22.8. The third-order valence-corrected chi connectivity index (χ3v) is 5.45. The molecule has 3 aromatic rings. The highest BCUT2D eigenvalue weighted by Gasteiger charge is 2.26. The minimum Gasteiger partial charge on any atom is -0.489 e. The van der Waals surface area contributed by atoms with Gasteiger partial charge in [-0.15, -0.1) is 0 Å². The second kappa shape index (κ2) is 9.60. The van der Waals surface area contributed by atoms with E-state index in [0.717, 1.165) is 5.56 Å². The molecular formula is C24H18Cl2O7. The van der Waals surface area contributed by atoms with Gasteiger partial charge in [0.05, 0.1) is 5.56 Å². The van der Waals surface area contributed by atoms with Crippen LogP contribution in [0.15, 0.2) is 54.6 Å². The van der Waals surface area contributed by atoms with E-state index in [1.165, 1.54) is 37.3 Å². The fourth-order valence-corrected chi connectivity index (χ4v) is 3.77. The van der Waals surface area contributed by atoms with E-state index < -0.39 is 12.1 Å². The molecule has 0 amide bonds. The summed E-state index contributed by atoms with van der Waals surface area (Å²) in [7, 11) is 0. The van der Waals surface area contributed by atoms with Gasteiger partial charge in [-0.25, -0.2) is 4.79 Å². The van der Waals surface area contributed by atoms with Crippen LogP contribution >= 0.6 is 23.2 Å². The molecular weight excluding hydrogens is 471 g/mol. The van der Waals surface area contributed by atoms with Crippen LogP contribution < -0.4 is 18.9 Å². The highest BCUT2D eigenvalue weighted by Crippen LogP contribution is 2.35. The minimum atomic E-state index is -1.46. The van der Waals surface area contributed by atoms with E-state index in [1.807, 2.05) is 12.1 Å². The Morgan fingerprint density at radius 2 is 1.82 bits per heavy atom. The summed E-state index contributed by atoms with van der Waals surface area (Å²) in [5.41, 5.74) is 1.25. The van der Waals surface area contributed by atoms with Crippen LogP contribution in [-0.4, -0.2) is 23.7 Å². The predicted molar refractivity (Wildman–Crippen MR) is 121 cm³/mol. The van der Waals surface area contributed by atoms with Gasteiger partial charge in [0.25, 0.3) is 0 Å². The lowest BCUT2D eigenvalue weighted by Gasteiger charge is -2.19. The summed E-state index contributed by atoms with van der Waals surface area (Å²) in [6.07, 6.45) is -1.46. The molecule has 0 saturated carbocycles. The molecule has 1 aliphatic rings. The van der Waals surface area contributed by atoms with Crippen LogP contribution in [0.4, 0.5) is 0 Å². The Kier molecular flexibility index (Phi) is 6.62. The molecule has 0 fully saturated rings. The third-order valence-electron chi connectivity index (χ3n) is 4.89. The van der Waals surface area contributed by atoms with Gasteiger partial charge in [0.15, 0.2) is 17.3 Å². The van der Waals surface area contributed by atoms with E-state index in [-0.39, 0.29) is 41.1 Å². The zero-order valence-corrected chi connectivity index (χ0v) is 18.9. The van der Waals surface area contributed by atoms with Crippen LogP contribution in [0.25, 0.3) is 0 Å². The van der Waals surface area contributed by atoms with Gasteiger partial charge in [0.1, 0.15) is 18.1 Å². The topological polar surface area (TPSA) is 91.3 Å². The van der Waals surface area contributed by atoms with Crippen molar-refractivity contribution in [1.82, 2.24) is 0 Å². The number of halogens is 2. The summed E-state index contributed by atoms with van der Waals surface area (Å²) in [4.78, 5) is 24.1. The highest BCUT2D eigenvalue weighted by atomic mass is 35.5. The molecule has 0 spiro atoms. The number of ether oxygens (including phenoxy) is 4. The minimum absolute atomic E-state index is 0.0594. The molecule has 1 aliphatic heterocycles. The summed E-state index contributed by atoms with van der Waals surface area (Å²) >= 11 is 12.1. The van der Waals surface area contributed by atoms with Crippen molar-refractivity contribution in [3.8, 4) is 23.0 Å². The average molecular weight is 489 g/mol. The highest BCUT2D eigenvalue weighted by molar-refractivity contribution is 6.35. The fraction of sp³-hybridized carbons (Fsp3) is 0.167. The van der Waals surface area contributed by atoms with Crippen molar-refractivity contribution >= 4 is 35.0 Å². The maximum absolute atomic E-state index is 12.1. The van der Waals surface area contributed by atoms with Crippen LogP contribution in [0.5, 0.6) is 23.0 Å². The second-order valence-electron chi connectivity index (χ2n) is 7.19. The third kappa shape index (κ3) is 5.16. The van der Waals surface area contributed by atoms with Gasteiger partial charge in [0, 0.05) is 21.7 Å². The second-order valence-corrected chi connectivity index (χ2v) is 8.04. The van der Waals surface area contributed by atoms with Crippen LogP contribution in [0, 0.1) is 0 Å². The van der Waals surface area contributed by atoms with Crippen molar-refractivity contribution in [3.05, 3.63) is 81.3 Å². The summed E-state index contributed by atoms with van der Waals surface area (Å²) in [6.45, 7) is 1.75. The fourth-order valence-electron chi connectivity index (χ4n) is 3.27. The molecule has 0 bridgehead atoms. The smallest absolute Gasteiger partial charge is 0.349 e. The first-order valence-corrected chi connectivity index (χ1v) is 10.6. The summed E-state index contributed by atoms with van der Waals surface area (Å²) in [5, 5.41) is 10.2. The lowest BCUT2D eigenvalue weighted by atomic mass is 10.1. The van der Waals surface area contributed by atoms with Crippen LogP contribution in [0.3, 0.4) is 0 Å². The number of hydrogen-bond donors (Lipinski definition) is 1. The molecule has 7 nitrogen and oxygen atoms in total. The lowest BCUT2D eigenvalue weighted by molar-refractivity contribution is -0.145.